The number of ether oxygens (including phenoxy) is 1. The standard InChI is InChI=1S/C8H9Cl2NO4S/c1-2-15-7(14)4(13)3(12)5-6(9)11-8(10)16-5/h3-4,12-13H,2H2,1H3/t3-,4-/m1/s1. The molecule has 1 heterocycles. The van der Waals surface area contributed by atoms with E-state index in [-0.39, 0.29) is 21.1 Å². The van der Waals surface area contributed by atoms with E-state index < -0.39 is 18.2 Å². The van der Waals surface area contributed by atoms with Gasteiger partial charge in [-0.25, -0.2) is 9.78 Å². The van der Waals surface area contributed by atoms with E-state index in [0.29, 0.717) is 0 Å². The van der Waals surface area contributed by atoms with E-state index in [1.807, 2.05) is 0 Å². The Kier molecular flexibility index (Phi) is 4.94. The van der Waals surface area contributed by atoms with Crippen LogP contribution in [0, 0.1) is 0 Å². The highest BCUT2D eigenvalue weighted by atomic mass is 35.5. The molecule has 0 saturated carbocycles. The molecule has 0 aliphatic carbocycles. The lowest BCUT2D eigenvalue weighted by atomic mass is 10.2. The molecule has 16 heavy (non-hydrogen) atoms. The van der Waals surface area contributed by atoms with Crippen molar-refractivity contribution in [2.45, 2.75) is 19.1 Å². The van der Waals surface area contributed by atoms with Crippen molar-refractivity contribution < 1.29 is 19.7 Å². The average Bonchev–Trinajstić information content (AvgIpc) is 2.56. The first-order chi connectivity index (χ1) is 7.47. The molecule has 0 radical (unpaired) electrons. The minimum atomic E-state index is -1.70. The summed E-state index contributed by atoms with van der Waals surface area (Å²) in [6, 6.07) is 0. The fraction of sp³-hybridized carbons (Fsp3) is 0.500. The van der Waals surface area contributed by atoms with Crippen LogP contribution in [0.15, 0.2) is 0 Å². The quantitative estimate of drug-likeness (QED) is 0.818. The van der Waals surface area contributed by atoms with Gasteiger partial charge in [0.2, 0.25) is 0 Å². The summed E-state index contributed by atoms with van der Waals surface area (Å²) >= 11 is 12.1. The van der Waals surface area contributed by atoms with Crippen LogP contribution in [-0.4, -0.2) is 33.9 Å². The zero-order valence-electron chi connectivity index (χ0n) is 8.18. The van der Waals surface area contributed by atoms with Crippen molar-refractivity contribution in [2.75, 3.05) is 6.61 Å². The van der Waals surface area contributed by atoms with Crippen molar-refractivity contribution in [1.29, 1.82) is 0 Å². The zero-order chi connectivity index (χ0) is 12.3. The van der Waals surface area contributed by atoms with Gasteiger partial charge in [0.05, 0.1) is 11.5 Å². The number of hydrogen-bond acceptors (Lipinski definition) is 6. The van der Waals surface area contributed by atoms with Crippen molar-refractivity contribution in [1.82, 2.24) is 4.98 Å². The van der Waals surface area contributed by atoms with Gasteiger partial charge in [-0.2, -0.15) is 0 Å². The fourth-order valence-electron chi connectivity index (χ4n) is 0.970. The first-order valence-corrected chi connectivity index (χ1v) is 5.89. The van der Waals surface area contributed by atoms with Crippen LogP contribution in [0.3, 0.4) is 0 Å². The maximum atomic E-state index is 11.2. The van der Waals surface area contributed by atoms with E-state index >= 15 is 0 Å². The lowest BCUT2D eigenvalue weighted by molar-refractivity contribution is -0.159. The van der Waals surface area contributed by atoms with E-state index in [4.69, 9.17) is 23.2 Å². The summed E-state index contributed by atoms with van der Waals surface area (Å²) < 4.78 is 4.67. The Hall–Kier alpha value is -0.400. The van der Waals surface area contributed by atoms with Gasteiger partial charge in [0.1, 0.15) is 11.3 Å². The largest absolute Gasteiger partial charge is 0.464 e. The second-order valence-corrected chi connectivity index (χ2v) is 4.73. The molecule has 0 bridgehead atoms. The van der Waals surface area contributed by atoms with Gasteiger partial charge >= 0.3 is 5.97 Å². The van der Waals surface area contributed by atoms with Crippen molar-refractivity contribution in [2.24, 2.45) is 0 Å². The molecule has 0 aromatic carbocycles. The third-order valence-electron chi connectivity index (χ3n) is 1.68. The monoisotopic (exact) mass is 285 g/mol. The smallest absolute Gasteiger partial charge is 0.338 e. The lowest BCUT2D eigenvalue weighted by Gasteiger charge is -2.14. The Morgan fingerprint density at radius 1 is 1.56 bits per heavy atom. The summed E-state index contributed by atoms with van der Waals surface area (Å²) in [5.41, 5.74) is 0. The molecule has 0 spiro atoms. The minimum Gasteiger partial charge on any atom is -0.464 e. The van der Waals surface area contributed by atoms with Crippen LogP contribution in [0.2, 0.25) is 9.62 Å². The molecule has 1 rings (SSSR count). The molecule has 90 valence electrons. The third kappa shape index (κ3) is 3.05. The van der Waals surface area contributed by atoms with Gasteiger partial charge in [-0.05, 0) is 6.92 Å². The number of aliphatic hydroxyl groups is 2. The molecule has 2 N–H and O–H groups in total. The van der Waals surface area contributed by atoms with Crippen molar-refractivity contribution >= 4 is 40.5 Å². The molecular formula is C8H9Cl2NO4S. The van der Waals surface area contributed by atoms with Gasteiger partial charge in [0.15, 0.2) is 10.6 Å². The number of aromatic nitrogens is 1. The van der Waals surface area contributed by atoms with E-state index in [1.165, 1.54) is 0 Å². The van der Waals surface area contributed by atoms with E-state index in [9.17, 15) is 15.0 Å². The molecule has 0 fully saturated rings. The molecular weight excluding hydrogens is 277 g/mol. The predicted molar refractivity (Wildman–Crippen MR) is 59.7 cm³/mol. The van der Waals surface area contributed by atoms with Crippen LogP contribution >= 0.6 is 34.5 Å². The highest BCUT2D eigenvalue weighted by Gasteiger charge is 2.30. The Morgan fingerprint density at radius 2 is 2.19 bits per heavy atom. The van der Waals surface area contributed by atoms with Crippen LogP contribution in [0.25, 0.3) is 0 Å². The van der Waals surface area contributed by atoms with Crippen molar-refractivity contribution in [3.05, 3.63) is 14.5 Å². The summed E-state index contributed by atoms with van der Waals surface area (Å²) in [4.78, 5) is 14.9. The van der Waals surface area contributed by atoms with E-state index in [2.05, 4.69) is 9.72 Å². The lowest BCUT2D eigenvalue weighted by Crippen LogP contribution is -2.29. The van der Waals surface area contributed by atoms with Crippen molar-refractivity contribution in [3.63, 3.8) is 0 Å². The van der Waals surface area contributed by atoms with Crippen LogP contribution in [0.4, 0.5) is 0 Å². The van der Waals surface area contributed by atoms with E-state index in [1.54, 1.807) is 6.92 Å². The molecule has 2 atom stereocenters. The first kappa shape index (κ1) is 13.7. The molecule has 8 heteroatoms. The Morgan fingerprint density at radius 3 is 2.62 bits per heavy atom. The molecule has 5 nitrogen and oxygen atoms in total. The second kappa shape index (κ2) is 5.79. The number of carbonyl (C=O) groups excluding carboxylic acids is 1. The van der Waals surface area contributed by atoms with Crippen molar-refractivity contribution in [3.8, 4) is 0 Å². The number of carbonyl (C=O) groups is 1. The van der Waals surface area contributed by atoms with Crippen LogP contribution in [0.5, 0.6) is 0 Å². The van der Waals surface area contributed by atoms with E-state index in [0.717, 1.165) is 11.3 Å². The number of nitrogens with zero attached hydrogens (tertiary/aromatic N) is 1. The molecule has 0 aliphatic heterocycles. The number of rotatable bonds is 4. The Labute approximate surface area is 106 Å². The van der Waals surface area contributed by atoms with Crippen LogP contribution < -0.4 is 0 Å². The predicted octanol–water partition coefficient (Wildman–Crippen LogP) is 1.41. The van der Waals surface area contributed by atoms with Gasteiger partial charge < -0.3 is 14.9 Å². The minimum absolute atomic E-state index is 0.0363. The zero-order valence-corrected chi connectivity index (χ0v) is 10.5. The van der Waals surface area contributed by atoms with Gasteiger partial charge in [0, 0.05) is 0 Å². The first-order valence-electron chi connectivity index (χ1n) is 4.31. The van der Waals surface area contributed by atoms with Gasteiger partial charge in [-0.15, -0.1) is 11.3 Å². The summed E-state index contributed by atoms with van der Waals surface area (Å²) in [5.74, 6) is -0.921. The van der Waals surface area contributed by atoms with Crippen LogP contribution in [-0.2, 0) is 9.53 Å². The molecule has 0 unspecified atom stereocenters. The molecule has 0 saturated heterocycles. The number of halogens is 2. The summed E-state index contributed by atoms with van der Waals surface area (Å²) in [5, 5.41) is 19.1. The van der Waals surface area contributed by atoms with Gasteiger partial charge in [-0.1, -0.05) is 23.2 Å². The fourth-order valence-corrected chi connectivity index (χ4v) is 2.41. The normalized spacial score (nSPS) is 14.6. The molecule has 0 aliphatic rings. The van der Waals surface area contributed by atoms with Crippen LogP contribution in [0.1, 0.15) is 17.9 Å². The SMILES string of the molecule is CCOC(=O)[C@H](O)[C@@H](O)c1sc(Cl)nc1Cl. The number of aliphatic hydroxyl groups excluding tert-OH is 2. The highest BCUT2D eigenvalue weighted by Crippen LogP contribution is 2.33. The number of thiazole rings is 1. The molecule has 0 amide bonds. The third-order valence-corrected chi connectivity index (χ3v) is 3.31. The Balaban J connectivity index is 2.81. The summed E-state index contributed by atoms with van der Waals surface area (Å²) in [6.07, 6.45) is -3.19. The summed E-state index contributed by atoms with van der Waals surface area (Å²) in [6.45, 7) is 1.70. The Bertz CT molecular complexity index is 384. The maximum Gasteiger partial charge on any atom is 0.338 e. The van der Waals surface area contributed by atoms with Gasteiger partial charge in [0.25, 0.3) is 0 Å². The van der Waals surface area contributed by atoms with Gasteiger partial charge in [-0.3, -0.25) is 0 Å². The molecule has 1 aromatic heterocycles. The average molecular weight is 286 g/mol. The summed E-state index contributed by atoms with van der Waals surface area (Å²) in [7, 11) is 0. The highest BCUT2D eigenvalue weighted by molar-refractivity contribution is 7.16. The number of hydrogen-bond donors (Lipinski definition) is 2. The second-order valence-electron chi connectivity index (χ2n) is 2.76. The number of esters is 1. The maximum absolute atomic E-state index is 11.2. The molecule has 1 aromatic rings. The topological polar surface area (TPSA) is 79.7 Å².